The Kier molecular flexibility index (Phi) is 2.87. The predicted octanol–water partition coefficient (Wildman–Crippen LogP) is 1.19. The molecule has 0 fully saturated rings. The number of carbonyl (C=O) groups is 1. The molecule has 0 aromatic carbocycles. The van der Waals surface area contributed by atoms with Gasteiger partial charge in [-0.1, -0.05) is 0 Å². The number of hydrogen-bond donors (Lipinski definition) is 1. The Morgan fingerprint density at radius 1 is 1.56 bits per heavy atom. The van der Waals surface area contributed by atoms with Crippen LogP contribution in [0.5, 0.6) is 0 Å². The monoisotopic (exact) mass is 219 g/mol. The lowest BCUT2D eigenvalue weighted by molar-refractivity contribution is 0.0994. The zero-order valence-electron chi connectivity index (χ0n) is 9.01. The molecule has 0 atom stereocenters. The molecule has 0 bridgehead atoms. The number of nitrogens with zero attached hydrogens (tertiary/aromatic N) is 2. The van der Waals surface area contributed by atoms with Crippen molar-refractivity contribution < 1.29 is 9.21 Å². The van der Waals surface area contributed by atoms with E-state index in [0.29, 0.717) is 18.1 Å². The summed E-state index contributed by atoms with van der Waals surface area (Å²) in [5, 5.41) is 0. The van der Waals surface area contributed by atoms with Gasteiger partial charge in [0.15, 0.2) is 11.6 Å². The highest BCUT2D eigenvalue weighted by Gasteiger charge is 2.17. The molecule has 0 aliphatic heterocycles. The first-order valence-corrected chi connectivity index (χ1v) is 5.11. The zero-order chi connectivity index (χ0) is 11.5. The number of ketones is 1. The number of imidazole rings is 1. The van der Waals surface area contributed by atoms with E-state index in [2.05, 4.69) is 4.98 Å². The second-order valence-electron chi connectivity index (χ2n) is 3.34. The molecule has 84 valence electrons. The van der Waals surface area contributed by atoms with E-state index in [0.717, 1.165) is 0 Å². The summed E-state index contributed by atoms with van der Waals surface area (Å²) in [6.45, 7) is 2.94. The van der Waals surface area contributed by atoms with E-state index < -0.39 is 0 Å². The van der Waals surface area contributed by atoms with Gasteiger partial charge < -0.3 is 14.7 Å². The second kappa shape index (κ2) is 4.32. The van der Waals surface area contributed by atoms with Crippen LogP contribution in [0.4, 0.5) is 0 Å². The first kappa shape index (κ1) is 10.6. The first-order chi connectivity index (χ1) is 7.76. The van der Waals surface area contributed by atoms with Crippen molar-refractivity contribution in [3.63, 3.8) is 0 Å². The highest BCUT2D eigenvalue weighted by Crippen LogP contribution is 2.12. The van der Waals surface area contributed by atoms with E-state index in [4.69, 9.17) is 10.2 Å². The smallest absolute Gasteiger partial charge is 0.263 e. The molecule has 0 saturated heterocycles. The Morgan fingerprint density at radius 2 is 2.38 bits per heavy atom. The Labute approximate surface area is 92.9 Å². The maximum atomic E-state index is 12.0. The Hall–Kier alpha value is -1.88. The van der Waals surface area contributed by atoms with E-state index >= 15 is 0 Å². The van der Waals surface area contributed by atoms with Crippen LogP contribution >= 0.6 is 0 Å². The highest BCUT2D eigenvalue weighted by molar-refractivity contribution is 6.04. The minimum absolute atomic E-state index is 0.216. The van der Waals surface area contributed by atoms with Gasteiger partial charge in [0, 0.05) is 18.9 Å². The number of furan rings is 1. The summed E-state index contributed by atoms with van der Waals surface area (Å²) in [7, 11) is 0. The first-order valence-electron chi connectivity index (χ1n) is 5.11. The highest BCUT2D eigenvalue weighted by atomic mass is 16.3. The molecule has 2 aromatic rings. The molecule has 0 aliphatic carbocycles. The average molecular weight is 219 g/mol. The number of rotatable bonds is 4. The molecule has 2 aromatic heterocycles. The molecular weight excluding hydrogens is 206 g/mol. The molecule has 0 amide bonds. The lowest BCUT2D eigenvalue weighted by Gasteiger charge is -2.01. The average Bonchev–Trinajstić information content (AvgIpc) is 2.96. The fourth-order valence-electron chi connectivity index (χ4n) is 1.49. The van der Waals surface area contributed by atoms with Crippen LogP contribution in [0.3, 0.4) is 0 Å². The molecule has 2 heterocycles. The largest absolute Gasteiger partial charge is 0.456 e. The van der Waals surface area contributed by atoms with Crippen molar-refractivity contribution in [2.24, 2.45) is 5.73 Å². The summed E-state index contributed by atoms with van der Waals surface area (Å²) in [5.74, 6) is 1.05. The van der Waals surface area contributed by atoms with Crippen LogP contribution in [-0.4, -0.2) is 15.3 Å². The van der Waals surface area contributed by atoms with Gasteiger partial charge in [-0.15, -0.1) is 0 Å². The molecule has 0 aliphatic rings. The van der Waals surface area contributed by atoms with Crippen molar-refractivity contribution in [1.82, 2.24) is 9.55 Å². The minimum atomic E-state index is -0.216. The van der Waals surface area contributed by atoms with Crippen LogP contribution in [0.25, 0.3) is 0 Å². The fraction of sp³-hybridized carbons (Fsp3) is 0.273. The van der Waals surface area contributed by atoms with E-state index in [1.807, 2.05) is 6.92 Å². The standard InChI is InChI=1S/C11H13N3O2/c1-2-14-6-5-13-11(14)10(15)9-4-3-8(7-12)16-9/h3-6H,2,7,12H2,1H3. The van der Waals surface area contributed by atoms with Crippen LogP contribution in [0.1, 0.15) is 29.1 Å². The van der Waals surface area contributed by atoms with Gasteiger partial charge in [-0.05, 0) is 19.1 Å². The molecule has 0 saturated carbocycles. The number of hydrogen-bond acceptors (Lipinski definition) is 4. The molecule has 2 N–H and O–H groups in total. The molecule has 5 nitrogen and oxygen atoms in total. The van der Waals surface area contributed by atoms with Gasteiger partial charge in [-0.2, -0.15) is 0 Å². The normalized spacial score (nSPS) is 10.6. The Morgan fingerprint density at radius 3 is 3.00 bits per heavy atom. The van der Waals surface area contributed by atoms with Crippen molar-refractivity contribution in [2.75, 3.05) is 0 Å². The maximum Gasteiger partial charge on any atom is 0.263 e. The third-order valence-corrected chi connectivity index (χ3v) is 2.35. The van der Waals surface area contributed by atoms with Crippen LogP contribution in [0.15, 0.2) is 28.9 Å². The quantitative estimate of drug-likeness (QED) is 0.784. The molecule has 0 unspecified atom stereocenters. The van der Waals surface area contributed by atoms with Gasteiger partial charge >= 0.3 is 0 Å². The summed E-state index contributed by atoms with van der Waals surface area (Å²) >= 11 is 0. The van der Waals surface area contributed by atoms with Crippen LogP contribution in [0.2, 0.25) is 0 Å². The van der Waals surface area contributed by atoms with Crippen LogP contribution < -0.4 is 5.73 Å². The fourth-order valence-corrected chi connectivity index (χ4v) is 1.49. The van der Waals surface area contributed by atoms with Gasteiger partial charge in [-0.3, -0.25) is 4.79 Å². The lowest BCUT2D eigenvalue weighted by atomic mass is 10.3. The zero-order valence-corrected chi connectivity index (χ0v) is 9.01. The van der Waals surface area contributed by atoms with E-state index in [1.54, 1.807) is 29.1 Å². The van der Waals surface area contributed by atoms with Crippen LogP contribution in [0, 0.1) is 0 Å². The summed E-state index contributed by atoms with van der Waals surface area (Å²) < 4.78 is 7.06. The summed E-state index contributed by atoms with van der Waals surface area (Å²) in [6, 6.07) is 3.33. The van der Waals surface area contributed by atoms with Crippen molar-refractivity contribution in [2.45, 2.75) is 20.0 Å². The third-order valence-electron chi connectivity index (χ3n) is 2.35. The Bertz CT molecular complexity index is 499. The lowest BCUT2D eigenvalue weighted by Crippen LogP contribution is -2.09. The molecule has 0 radical (unpaired) electrons. The van der Waals surface area contributed by atoms with Gasteiger partial charge in [0.2, 0.25) is 0 Å². The molecule has 16 heavy (non-hydrogen) atoms. The van der Waals surface area contributed by atoms with Crippen LogP contribution in [-0.2, 0) is 13.1 Å². The van der Waals surface area contributed by atoms with Crippen molar-refractivity contribution in [3.05, 3.63) is 41.9 Å². The van der Waals surface area contributed by atoms with Crippen molar-refractivity contribution in [3.8, 4) is 0 Å². The van der Waals surface area contributed by atoms with Gasteiger partial charge in [0.25, 0.3) is 5.78 Å². The molecular formula is C11H13N3O2. The van der Waals surface area contributed by atoms with E-state index in [1.165, 1.54) is 0 Å². The number of carbonyl (C=O) groups excluding carboxylic acids is 1. The number of nitrogens with two attached hydrogens (primary N) is 1. The van der Waals surface area contributed by atoms with E-state index in [-0.39, 0.29) is 18.1 Å². The molecule has 2 rings (SSSR count). The van der Waals surface area contributed by atoms with Gasteiger partial charge in [0.1, 0.15) is 5.76 Å². The Balaban J connectivity index is 2.31. The summed E-state index contributed by atoms with van der Waals surface area (Å²) in [6.07, 6.45) is 3.36. The third kappa shape index (κ3) is 1.77. The summed E-state index contributed by atoms with van der Waals surface area (Å²) in [4.78, 5) is 16.0. The maximum absolute atomic E-state index is 12.0. The SMILES string of the molecule is CCn1ccnc1C(=O)c1ccc(CN)o1. The second-order valence-corrected chi connectivity index (χ2v) is 3.34. The number of aromatic nitrogens is 2. The van der Waals surface area contributed by atoms with Crippen molar-refractivity contribution in [1.29, 1.82) is 0 Å². The van der Waals surface area contributed by atoms with Crippen molar-refractivity contribution >= 4 is 5.78 Å². The molecule has 5 heteroatoms. The molecule has 0 spiro atoms. The predicted molar refractivity (Wildman–Crippen MR) is 57.9 cm³/mol. The van der Waals surface area contributed by atoms with E-state index in [9.17, 15) is 4.79 Å². The number of aryl methyl sites for hydroxylation is 1. The van der Waals surface area contributed by atoms with Gasteiger partial charge in [0.05, 0.1) is 6.54 Å². The summed E-state index contributed by atoms with van der Waals surface area (Å²) in [5.41, 5.74) is 5.41. The van der Waals surface area contributed by atoms with Gasteiger partial charge in [-0.25, -0.2) is 4.98 Å². The topological polar surface area (TPSA) is 74.0 Å². The minimum Gasteiger partial charge on any atom is -0.456 e.